The third kappa shape index (κ3) is 6.25. The molecule has 0 unspecified atom stereocenters. The van der Waals surface area contributed by atoms with Crippen LogP contribution < -0.4 is 29.6 Å². The summed E-state index contributed by atoms with van der Waals surface area (Å²) in [7, 11) is 3.18. The number of benzene rings is 2. The van der Waals surface area contributed by atoms with E-state index in [4.69, 9.17) is 30.9 Å². The highest BCUT2D eigenvalue weighted by molar-refractivity contribution is 7.99. The van der Waals surface area contributed by atoms with Gasteiger partial charge in [-0.05, 0) is 30.7 Å². The highest BCUT2D eigenvalue weighted by Gasteiger charge is 2.13. The van der Waals surface area contributed by atoms with E-state index in [0.717, 1.165) is 28.4 Å². The van der Waals surface area contributed by atoms with Crippen LogP contribution in [0.25, 0.3) is 0 Å². The Kier molecular flexibility index (Phi) is 8.70. The minimum Gasteiger partial charge on any atom is -0.497 e. The Morgan fingerprint density at radius 1 is 1.03 bits per heavy atom. The van der Waals surface area contributed by atoms with Crippen molar-refractivity contribution < 1.29 is 19.3 Å². The second-order valence-electron chi connectivity index (χ2n) is 6.75. The van der Waals surface area contributed by atoms with Crippen LogP contribution in [0.15, 0.2) is 36.5 Å². The zero-order chi connectivity index (χ0) is 23.8. The molecule has 1 aromatic heterocycles. The lowest BCUT2D eigenvalue weighted by molar-refractivity contribution is 0.196. The molecule has 1 heterocycles. The molecular formula is C22H26ClN5O4S. The largest absolute Gasteiger partial charge is 0.497 e. The second-order valence-corrected chi connectivity index (χ2v) is 7.77. The normalized spacial score (nSPS) is 10.5. The van der Waals surface area contributed by atoms with Gasteiger partial charge in [0.15, 0.2) is 17.3 Å². The number of halogens is 1. The maximum absolute atomic E-state index is 9.08. The molecule has 0 atom stereocenters. The second kappa shape index (κ2) is 11.7. The number of nitrogens with one attached hydrogen (secondary N) is 3. The number of hydrogen-bond acceptors (Lipinski definition) is 10. The standard InChI is InChI=1S/C22H26ClN5O4S/c1-13-9-19(31-3)20(32-8-7-29)11-17(13)26-22-24-12-15(23)21(27-22)25-16-6-5-14(30-2)10-18(16)28-33-4/h5-6,9-12,28-29H,7-8H2,1-4H3,(H2,24,25,26,27). The van der Waals surface area contributed by atoms with E-state index < -0.39 is 0 Å². The van der Waals surface area contributed by atoms with Gasteiger partial charge in [0, 0.05) is 24.1 Å². The van der Waals surface area contributed by atoms with Crippen molar-refractivity contribution in [3.63, 3.8) is 0 Å². The summed E-state index contributed by atoms with van der Waals surface area (Å²) in [5.74, 6) is 2.57. The Labute approximate surface area is 202 Å². The number of nitrogens with zero attached hydrogens (tertiary/aromatic N) is 2. The van der Waals surface area contributed by atoms with E-state index in [9.17, 15) is 0 Å². The average molecular weight is 492 g/mol. The summed E-state index contributed by atoms with van der Waals surface area (Å²) >= 11 is 7.82. The zero-order valence-corrected chi connectivity index (χ0v) is 20.3. The van der Waals surface area contributed by atoms with Gasteiger partial charge in [-0.25, -0.2) is 4.98 Å². The fourth-order valence-corrected chi connectivity index (χ4v) is 3.47. The molecule has 9 nitrogen and oxygen atoms in total. The number of hydrogen-bond donors (Lipinski definition) is 4. The summed E-state index contributed by atoms with van der Waals surface area (Å²) in [5, 5.41) is 15.9. The molecule has 0 spiro atoms. The van der Waals surface area contributed by atoms with Gasteiger partial charge in [0.25, 0.3) is 0 Å². The van der Waals surface area contributed by atoms with E-state index in [-0.39, 0.29) is 13.2 Å². The van der Waals surface area contributed by atoms with Crippen molar-refractivity contribution in [1.82, 2.24) is 9.97 Å². The number of ether oxygens (including phenoxy) is 3. The van der Waals surface area contributed by atoms with Gasteiger partial charge in [-0.2, -0.15) is 4.98 Å². The van der Waals surface area contributed by atoms with Gasteiger partial charge in [-0.1, -0.05) is 23.5 Å². The van der Waals surface area contributed by atoms with Crippen LogP contribution in [0, 0.1) is 6.92 Å². The van der Waals surface area contributed by atoms with E-state index in [1.807, 2.05) is 37.4 Å². The maximum Gasteiger partial charge on any atom is 0.229 e. The van der Waals surface area contributed by atoms with Crippen LogP contribution in [-0.2, 0) is 0 Å². The van der Waals surface area contributed by atoms with Crippen LogP contribution in [0.2, 0.25) is 5.02 Å². The lowest BCUT2D eigenvalue weighted by Gasteiger charge is -2.16. The summed E-state index contributed by atoms with van der Waals surface area (Å²) < 4.78 is 19.5. The van der Waals surface area contributed by atoms with Crippen molar-refractivity contribution in [2.24, 2.45) is 0 Å². The van der Waals surface area contributed by atoms with Gasteiger partial charge in [0.2, 0.25) is 5.95 Å². The van der Waals surface area contributed by atoms with E-state index in [0.29, 0.717) is 28.3 Å². The predicted molar refractivity (Wildman–Crippen MR) is 134 cm³/mol. The van der Waals surface area contributed by atoms with Crippen LogP contribution in [0.3, 0.4) is 0 Å². The Balaban J connectivity index is 1.88. The van der Waals surface area contributed by atoms with Crippen LogP contribution in [0.5, 0.6) is 17.2 Å². The number of aliphatic hydroxyl groups excluding tert-OH is 1. The molecule has 0 aliphatic rings. The summed E-state index contributed by atoms with van der Waals surface area (Å²) in [4.78, 5) is 8.83. The van der Waals surface area contributed by atoms with Gasteiger partial charge in [-0.15, -0.1) is 0 Å². The smallest absolute Gasteiger partial charge is 0.229 e. The third-order valence-electron chi connectivity index (χ3n) is 4.54. The number of rotatable bonds is 11. The first-order valence-corrected chi connectivity index (χ1v) is 11.5. The summed E-state index contributed by atoms with van der Waals surface area (Å²) in [6.07, 6.45) is 3.45. The Morgan fingerprint density at radius 3 is 2.55 bits per heavy atom. The van der Waals surface area contributed by atoms with Gasteiger partial charge < -0.3 is 34.7 Å². The van der Waals surface area contributed by atoms with Gasteiger partial charge in [0.05, 0.1) is 38.4 Å². The van der Waals surface area contributed by atoms with Gasteiger partial charge in [-0.3, -0.25) is 0 Å². The molecule has 176 valence electrons. The minimum absolute atomic E-state index is 0.103. The third-order valence-corrected chi connectivity index (χ3v) is 5.24. The monoisotopic (exact) mass is 491 g/mol. The van der Waals surface area contributed by atoms with Gasteiger partial charge >= 0.3 is 0 Å². The molecular weight excluding hydrogens is 466 g/mol. The summed E-state index contributed by atoms with van der Waals surface area (Å²) in [6.45, 7) is 1.97. The molecule has 3 rings (SSSR count). The molecule has 0 radical (unpaired) electrons. The first-order valence-electron chi connectivity index (χ1n) is 9.95. The quantitative estimate of drug-likeness (QED) is 0.273. The molecule has 0 bridgehead atoms. The Bertz CT molecular complexity index is 1100. The fourth-order valence-electron chi connectivity index (χ4n) is 2.94. The maximum atomic E-state index is 9.08. The number of methoxy groups -OCH3 is 2. The van der Waals surface area contributed by atoms with Crippen LogP contribution in [0.4, 0.5) is 28.8 Å². The first kappa shape index (κ1) is 24.6. The highest BCUT2D eigenvalue weighted by atomic mass is 35.5. The van der Waals surface area contributed by atoms with Crippen molar-refractivity contribution in [2.75, 3.05) is 49.0 Å². The number of anilines is 5. The average Bonchev–Trinajstić information content (AvgIpc) is 2.82. The molecule has 0 amide bonds. The van der Waals surface area contributed by atoms with Crippen molar-refractivity contribution in [3.05, 3.63) is 47.1 Å². The fraction of sp³-hybridized carbons (Fsp3) is 0.273. The zero-order valence-electron chi connectivity index (χ0n) is 18.7. The van der Waals surface area contributed by atoms with E-state index in [1.165, 1.54) is 18.1 Å². The minimum atomic E-state index is -0.103. The van der Waals surface area contributed by atoms with Crippen LogP contribution >= 0.6 is 23.5 Å². The first-order chi connectivity index (χ1) is 16.0. The number of aryl methyl sites for hydroxylation is 1. The van der Waals surface area contributed by atoms with Crippen molar-refractivity contribution in [2.45, 2.75) is 6.92 Å². The van der Waals surface area contributed by atoms with Crippen molar-refractivity contribution in [1.29, 1.82) is 0 Å². The van der Waals surface area contributed by atoms with Crippen molar-refractivity contribution >= 4 is 52.4 Å². The van der Waals surface area contributed by atoms with E-state index in [2.05, 4.69) is 25.3 Å². The van der Waals surface area contributed by atoms with Crippen molar-refractivity contribution in [3.8, 4) is 17.2 Å². The molecule has 0 saturated heterocycles. The Morgan fingerprint density at radius 2 is 1.85 bits per heavy atom. The predicted octanol–water partition coefficient (Wildman–Crippen LogP) is 5.00. The number of aromatic nitrogens is 2. The SMILES string of the molecule is COc1ccc(Nc2nc(Nc3cc(OCCO)c(OC)cc3C)ncc2Cl)c(NSC)c1. The molecule has 0 aliphatic carbocycles. The molecule has 11 heteroatoms. The van der Waals surface area contributed by atoms with Gasteiger partial charge in [0.1, 0.15) is 17.4 Å². The molecule has 0 fully saturated rings. The van der Waals surface area contributed by atoms with Crippen LogP contribution in [0.1, 0.15) is 5.56 Å². The number of aliphatic hydroxyl groups is 1. The molecule has 4 N–H and O–H groups in total. The molecule has 2 aromatic carbocycles. The molecule has 0 saturated carbocycles. The molecule has 3 aromatic rings. The summed E-state index contributed by atoms with van der Waals surface area (Å²) in [6, 6.07) is 9.21. The lowest BCUT2D eigenvalue weighted by Crippen LogP contribution is -2.06. The lowest BCUT2D eigenvalue weighted by atomic mass is 10.1. The topological polar surface area (TPSA) is 110 Å². The molecule has 33 heavy (non-hydrogen) atoms. The van der Waals surface area contributed by atoms with E-state index >= 15 is 0 Å². The summed E-state index contributed by atoms with van der Waals surface area (Å²) in [5.41, 5.74) is 3.23. The Hall–Kier alpha value is -3.08. The van der Waals surface area contributed by atoms with Crippen LogP contribution in [-0.4, -0.2) is 48.8 Å². The molecule has 0 aliphatic heterocycles. The van der Waals surface area contributed by atoms with E-state index in [1.54, 1.807) is 20.3 Å². The highest BCUT2D eigenvalue weighted by Crippen LogP contribution is 2.36.